The number of hydrogen-bond donors (Lipinski definition) is 0. The number of aromatic nitrogens is 4. The zero-order valence-electron chi connectivity index (χ0n) is 15.5. The Kier molecular flexibility index (Phi) is 5.20. The lowest BCUT2D eigenvalue weighted by Gasteiger charge is -2.25. The molecule has 25 heavy (non-hydrogen) atoms. The Bertz CT molecular complexity index is 734. The van der Waals surface area contributed by atoms with Crippen LogP contribution in [0.4, 0.5) is 0 Å². The van der Waals surface area contributed by atoms with Crippen LogP contribution < -0.4 is 0 Å². The minimum atomic E-state index is 0.160. The smallest absolute Gasteiger partial charge is 0.227 e. The first-order valence-corrected chi connectivity index (χ1v) is 9.07. The number of aryl methyl sites for hydroxylation is 3. The Morgan fingerprint density at radius 2 is 2.20 bits per heavy atom. The minimum Gasteiger partial charge on any atom is -0.339 e. The Labute approximate surface area is 148 Å². The highest BCUT2D eigenvalue weighted by Gasteiger charge is 2.29. The Balaban J connectivity index is 1.57. The molecule has 0 bridgehead atoms. The third kappa shape index (κ3) is 4.08. The van der Waals surface area contributed by atoms with Crippen molar-refractivity contribution >= 4 is 5.91 Å². The van der Waals surface area contributed by atoms with Crippen molar-refractivity contribution in [1.29, 1.82) is 0 Å². The first-order chi connectivity index (χ1) is 11.9. The van der Waals surface area contributed by atoms with E-state index in [9.17, 15) is 4.79 Å². The molecule has 1 atom stereocenters. The summed E-state index contributed by atoms with van der Waals surface area (Å²) in [5, 5.41) is 8.48. The van der Waals surface area contributed by atoms with Gasteiger partial charge in [0.15, 0.2) is 5.82 Å². The molecule has 1 aliphatic rings. The number of nitrogens with zero attached hydrogens (tertiary/aromatic N) is 5. The third-order valence-electron chi connectivity index (χ3n) is 4.74. The van der Waals surface area contributed by atoms with Crippen molar-refractivity contribution in [1.82, 2.24) is 24.8 Å². The monoisotopic (exact) mass is 345 g/mol. The topological polar surface area (TPSA) is 77.0 Å². The largest absolute Gasteiger partial charge is 0.339 e. The predicted octanol–water partition coefficient (Wildman–Crippen LogP) is 2.63. The summed E-state index contributed by atoms with van der Waals surface area (Å²) in [7, 11) is 0. The SMILES string of the molecule is Cc1cc(C)n(C[C@@H]2CCCN2C(=O)CCc2nc(C(C)C)no2)n1. The zero-order valence-corrected chi connectivity index (χ0v) is 15.5. The third-order valence-corrected chi connectivity index (χ3v) is 4.74. The Morgan fingerprint density at radius 1 is 1.40 bits per heavy atom. The zero-order chi connectivity index (χ0) is 18.0. The van der Waals surface area contributed by atoms with Crippen molar-refractivity contribution in [3.05, 3.63) is 29.2 Å². The highest BCUT2D eigenvalue weighted by atomic mass is 16.5. The van der Waals surface area contributed by atoms with Crippen molar-refractivity contribution in [2.75, 3.05) is 6.54 Å². The van der Waals surface area contributed by atoms with Gasteiger partial charge >= 0.3 is 0 Å². The molecule has 1 saturated heterocycles. The van der Waals surface area contributed by atoms with Gasteiger partial charge in [-0.1, -0.05) is 19.0 Å². The molecular weight excluding hydrogens is 318 g/mol. The van der Waals surface area contributed by atoms with Gasteiger partial charge in [-0.15, -0.1) is 0 Å². The summed E-state index contributed by atoms with van der Waals surface area (Å²) in [5.74, 6) is 1.64. The van der Waals surface area contributed by atoms with E-state index in [1.54, 1.807) is 0 Å². The molecule has 0 saturated carbocycles. The first kappa shape index (κ1) is 17.6. The van der Waals surface area contributed by atoms with E-state index < -0.39 is 0 Å². The van der Waals surface area contributed by atoms with E-state index in [2.05, 4.69) is 28.2 Å². The van der Waals surface area contributed by atoms with Crippen LogP contribution in [0.25, 0.3) is 0 Å². The van der Waals surface area contributed by atoms with Gasteiger partial charge in [0.25, 0.3) is 0 Å². The summed E-state index contributed by atoms with van der Waals surface area (Å²) < 4.78 is 7.25. The molecular formula is C18H27N5O2. The molecule has 2 aromatic rings. The molecule has 0 N–H and O–H groups in total. The van der Waals surface area contributed by atoms with Crippen LogP contribution in [0.5, 0.6) is 0 Å². The van der Waals surface area contributed by atoms with Crippen molar-refractivity contribution in [2.24, 2.45) is 0 Å². The summed E-state index contributed by atoms with van der Waals surface area (Å²) >= 11 is 0. The molecule has 1 amide bonds. The summed E-state index contributed by atoms with van der Waals surface area (Å²) in [5.41, 5.74) is 2.16. The van der Waals surface area contributed by atoms with Gasteiger partial charge in [-0.05, 0) is 32.8 Å². The highest BCUT2D eigenvalue weighted by molar-refractivity contribution is 5.77. The summed E-state index contributed by atoms with van der Waals surface area (Å²) in [4.78, 5) is 19.0. The standard InChI is InChI=1S/C18H27N5O2/c1-12(2)18-19-16(25-21-18)7-8-17(24)22-9-5-6-15(22)11-23-14(4)10-13(3)20-23/h10,12,15H,5-9,11H2,1-4H3/t15-/m0/s1. The van der Waals surface area contributed by atoms with Crippen molar-refractivity contribution < 1.29 is 9.32 Å². The van der Waals surface area contributed by atoms with Crippen molar-refractivity contribution in [3.63, 3.8) is 0 Å². The second kappa shape index (κ2) is 7.37. The van der Waals surface area contributed by atoms with Gasteiger partial charge in [-0.3, -0.25) is 9.48 Å². The van der Waals surface area contributed by atoms with Gasteiger partial charge < -0.3 is 9.42 Å². The van der Waals surface area contributed by atoms with Crippen molar-refractivity contribution in [3.8, 4) is 0 Å². The van der Waals surface area contributed by atoms with Crippen LogP contribution in [0.15, 0.2) is 10.6 Å². The van der Waals surface area contributed by atoms with Gasteiger partial charge in [0.05, 0.1) is 18.3 Å². The molecule has 7 heteroatoms. The average molecular weight is 345 g/mol. The molecule has 1 fully saturated rings. The number of carbonyl (C=O) groups excluding carboxylic acids is 1. The quantitative estimate of drug-likeness (QED) is 0.804. The van der Waals surface area contributed by atoms with Gasteiger partial charge in [-0.2, -0.15) is 10.1 Å². The lowest BCUT2D eigenvalue weighted by atomic mass is 10.2. The van der Waals surface area contributed by atoms with E-state index in [0.717, 1.165) is 37.3 Å². The van der Waals surface area contributed by atoms with Crippen LogP contribution in [-0.4, -0.2) is 43.3 Å². The summed E-state index contributed by atoms with van der Waals surface area (Å²) in [6.45, 7) is 9.69. The second-order valence-corrected chi connectivity index (χ2v) is 7.19. The van der Waals surface area contributed by atoms with Crippen LogP contribution in [0.2, 0.25) is 0 Å². The van der Waals surface area contributed by atoms with Gasteiger partial charge in [0, 0.05) is 31.0 Å². The van der Waals surface area contributed by atoms with E-state index in [0.29, 0.717) is 24.6 Å². The van der Waals surface area contributed by atoms with Crippen LogP contribution in [0.3, 0.4) is 0 Å². The molecule has 0 radical (unpaired) electrons. The maximum absolute atomic E-state index is 12.7. The Morgan fingerprint density at radius 3 is 2.84 bits per heavy atom. The van der Waals surface area contributed by atoms with E-state index in [1.165, 1.54) is 0 Å². The van der Waals surface area contributed by atoms with Crippen molar-refractivity contribution in [2.45, 2.75) is 71.9 Å². The average Bonchev–Trinajstić information content (AvgIpc) is 3.26. The van der Waals surface area contributed by atoms with Crippen LogP contribution in [0.1, 0.15) is 62.1 Å². The molecule has 1 aliphatic heterocycles. The van der Waals surface area contributed by atoms with Crippen LogP contribution in [0, 0.1) is 13.8 Å². The molecule has 2 aromatic heterocycles. The fourth-order valence-corrected chi connectivity index (χ4v) is 3.37. The predicted molar refractivity (Wildman–Crippen MR) is 93.1 cm³/mol. The molecule has 0 aromatic carbocycles. The molecule has 0 unspecified atom stereocenters. The molecule has 136 valence electrons. The fourth-order valence-electron chi connectivity index (χ4n) is 3.37. The lowest BCUT2D eigenvalue weighted by Crippen LogP contribution is -2.38. The summed E-state index contributed by atoms with van der Waals surface area (Å²) in [6, 6.07) is 2.29. The normalized spacial score (nSPS) is 17.6. The number of rotatable bonds is 6. The van der Waals surface area contributed by atoms with E-state index >= 15 is 0 Å². The lowest BCUT2D eigenvalue weighted by molar-refractivity contribution is -0.132. The molecule has 3 heterocycles. The van der Waals surface area contributed by atoms with Crippen LogP contribution in [-0.2, 0) is 17.8 Å². The fraction of sp³-hybridized carbons (Fsp3) is 0.667. The minimum absolute atomic E-state index is 0.160. The second-order valence-electron chi connectivity index (χ2n) is 7.19. The maximum Gasteiger partial charge on any atom is 0.227 e. The first-order valence-electron chi connectivity index (χ1n) is 9.07. The Hall–Kier alpha value is -2.18. The number of hydrogen-bond acceptors (Lipinski definition) is 5. The maximum atomic E-state index is 12.7. The molecule has 3 rings (SSSR count). The van der Waals surface area contributed by atoms with Gasteiger partial charge in [-0.25, -0.2) is 0 Å². The van der Waals surface area contributed by atoms with Crippen LogP contribution >= 0.6 is 0 Å². The summed E-state index contributed by atoms with van der Waals surface area (Å²) in [6.07, 6.45) is 2.99. The number of amides is 1. The van der Waals surface area contributed by atoms with Gasteiger partial charge in [0.1, 0.15) is 0 Å². The number of carbonyl (C=O) groups is 1. The number of likely N-dealkylation sites (tertiary alicyclic amines) is 1. The highest BCUT2D eigenvalue weighted by Crippen LogP contribution is 2.21. The van der Waals surface area contributed by atoms with E-state index in [1.807, 2.05) is 30.4 Å². The molecule has 0 aliphatic carbocycles. The molecule has 0 spiro atoms. The van der Waals surface area contributed by atoms with E-state index in [-0.39, 0.29) is 17.9 Å². The van der Waals surface area contributed by atoms with Gasteiger partial charge in [0.2, 0.25) is 11.8 Å². The molecule has 7 nitrogen and oxygen atoms in total. The van der Waals surface area contributed by atoms with E-state index in [4.69, 9.17) is 4.52 Å².